The Morgan fingerprint density at radius 3 is 0.753 bits per heavy atom. The lowest BCUT2D eigenvalue weighted by Gasteiger charge is -2.18. The number of esters is 3. The molecule has 6 heteroatoms. The van der Waals surface area contributed by atoms with Crippen molar-refractivity contribution in [2.24, 2.45) is 0 Å². The molecule has 1 atom stereocenters. The molecule has 0 aromatic heterocycles. The second kappa shape index (κ2) is 68.1. The average Bonchev–Trinajstić information content (AvgIpc) is 3.47. The molecule has 0 saturated carbocycles. The molecule has 0 fully saturated rings. The van der Waals surface area contributed by atoms with Crippen molar-refractivity contribution in [2.75, 3.05) is 13.2 Å². The first-order valence-electron chi connectivity index (χ1n) is 33.7. The second-order valence-electron chi connectivity index (χ2n) is 22.0. The van der Waals surface area contributed by atoms with Crippen LogP contribution in [0.4, 0.5) is 0 Å². The molecule has 1 unspecified atom stereocenters. The SMILES string of the molecule is CC/C=C\C/C=C\C/C=C\C/C=C\C/C=C\C/C=C\CCCCCCC(=O)OCC(COC(=O)CCCCCCCCC/C=C\C/C=C\C/C=C\CC)OC(=O)CCCCCCCCCCCCC/C=C\C/C=C\CCCCCCC. The van der Waals surface area contributed by atoms with Gasteiger partial charge in [-0.3, -0.25) is 14.4 Å². The fraction of sp³-hybridized carbons (Fsp3) is 0.667. The third kappa shape index (κ3) is 66.2. The lowest BCUT2D eigenvalue weighted by Crippen LogP contribution is -2.30. The number of carbonyl (C=O) groups excluding carboxylic acids is 3. The molecule has 0 radical (unpaired) electrons. The average molecular weight is 1120 g/mol. The maximum atomic E-state index is 13.0. The van der Waals surface area contributed by atoms with Crippen molar-refractivity contribution in [1.29, 1.82) is 0 Å². The quantitative estimate of drug-likeness (QED) is 0.0261. The third-order valence-corrected chi connectivity index (χ3v) is 14.1. The highest BCUT2D eigenvalue weighted by atomic mass is 16.6. The molecular weight excluding hydrogens is 997 g/mol. The summed E-state index contributed by atoms with van der Waals surface area (Å²) in [6.45, 7) is 6.39. The molecule has 0 aliphatic carbocycles. The zero-order valence-electron chi connectivity index (χ0n) is 52.8. The van der Waals surface area contributed by atoms with Crippen LogP contribution in [0.2, 0.25) is 0 Å². The van der Waals surface area contributed by atoms with E-state index in [9.17, 15) is 14.4 Å². The van der Waals surface area contributed by atoms with Gasteiger partial charge in [-0.25, -0.2) is 0 Å². The van der Waals surface area contributed by atoms with Crippen LogP contribution in [0.25, 0.3) is 0 Å². The Hall–Kier alpha value is -4.45. The van der Waals surface area contributed by atoms with E-state index in [4.69, 9.17) is 14.2 Å². The number of rotatable bonds is 60. The number of carbonyl (C=O) groups is 3. The zero-order chi connectivity index (χ0) is 58.5. The molecular formula is C75H124O6. The van der Waals surface area contributed by atoms with Gasteiger partial charge in [0.25, 0.3) is 0 Å². The summed E-state index contributed by atoms with van der Waals surface area (Å²) in [6.07, 6.45) is 96.0. The Morgan fingerprint density at radius 1 is 0.259 bits per heavy atom. The summed E-state index contributed by atoms with van der Waals surface area (Å²) in [4.78, 5) is 38.4. The summed E-state index contributed by atoms with van der Waals surface area (Å²) in [6, 6.07) is 0. The lowest BCUT2D eigenvalue weighted by molar-refractivity contribution is -0.167. The van der Waals surface area contributed by atoms with Crippen molar-refractivity contribution in [1.82, 2.24) is 0 Å². The van der Waals surface area contributed by atoms with Crippen molar-refractivity contribution in [3.8, 4) is 0 Å². The van der Waals surface area contributed by atoms with Crippen LogP contribution in [-0.2, 0) is 28.6 Å². The van der Waals surface area contributed by atoms with Gasteiger partial charge in [0.15, 0.2) is 6.10 Å². The molecule has 0 aromatic carbocycles. The maximum absolute atomic E-state index is 13.0. The van der Waals surface area contributed by atoms with Crippen LogP contribution < -0.4 is 0 Å². The Labute approximate surface area is 500 Å². The van der Waals surface area contributed by atoms with Gasteiger partial charge in [-0.15, -0.1) is 0 Å². The van der Waals surface area contributed by atoms with E-state index in [1.54, 1.807) is 0 Å². The van der Waals surface area contributed by atoms with Crippen molar-refractivity contribution in [3.05, 3.63) is 134 Å². The molecule has 0 spiro atoms. The van der Waals surface area contributed by atoms with E-state index in [0.29, 0.717) is 19.3 Å². The molecule has 0 aliphatic heterocycles. The van der Waals surface area contributed by atoms with Crippen molar-refractivity contribution < 1.29 is 28.6 Å². The molecule has 0 N–H and O–H groups in total. The molecule has 0 bridgehead atoms. The van der Waals surface area contributed by atoms with E-state index in [2.05, 4.69) is 154 Å². The summed E-state index contributed by atoms with van der Waals surface area (Å²) < 4.78 is 16.9. The maximum Gasteiger partial charge on any atom is 0.306 e. The van der Waals surface area contributed by atoms with Crippen LogP contribution in [0.1, 0.15) is 303 Å². The Kier molecular flexibility index (Phi) is 64.3. The predicted octanol–water partition coefficient (Wildman–Crippen LogP) is 23.3. The van der Waals surface area contributed by atoms with Crippen LogP contribution >= 0.6 is 0 Å². The molecule has 81 heavy (non-hydrogen) atoms. The molecule has 0 saturated heterocycles. The molecule has 0 heterocycles. The molecule has 6 nitrogen and oxygen atoms in total. The van der Waals surface area contributed by atoms with Crippen molar-refractivity contribution in [2.45, 2.75) is 309 Å². The van der Waals surface area contributed by atoms with Gasteiger partial charge in [0.2, 0.25) is 0 Å². The molecule has 460 valence electrons. The molecule has 0 aromatic rings. The number of allylic oxidation sites excluding steroid dienone is 22. The smallest absolute Gasteiger partial charge is 0.306 e. The number of hydrogen-bond donors (Lipinski definition) is 0. The zero-order valence-corrected chi connectivity index (χ0v) is 52.8. The monoisotopic (exact) mass is 1120 g/mol. The summed E-state index contributed by atoms with van der Waals surface area (Å²) >= 11 is 0. The fourth-order valence-electron chi connectivity index (χ4n) is 9.14. The topological polar surface area (TPSA) is 78.9 Å². The summed E-state index contributed by atoms with van der Waals surface area (Å²) in [5.41, 5.74) is 0. The summed E-state index contributed by atoms with van der Waals surface area (Å²) in [7, 11) is 0. The van der Waals surface area contributed by atoms with Crippen molar-refractivity contribution in [3.63, 3.8) is 0 Å². The number of ether oxygens (including phenoxy) is 3. The van der Waals surface area contributed by atoms with Crippen LogP contribution in [0.3, 0.4) is 0 Å². The van der Waals surface area contributed by atoms with E-state index >= 15 is 0 Å². The highest BCUT2D eigenvalue weighted by Gasteiger charge is 2.19. The Balaban J connectivity index is 4.45. The summed E-state index contributed by atoms with van der Waals surface area (Å²) in [5, 5.41) is 0. The van der Waals surface area contributed by atoms with Gasteiger partial charge in [0, 0.05) is 19.3 Å². The minimum Gasteiger partial charge on any atom is -0.462 e. The second-order valence-corrected chi connectivity index (χ2v) is 22.0. The largest absolute Gasteiger partial charge is 0.462 e. The number of unbranched alkanes of at least 4 members (excludes halogenated alkanes) is 27. The first-order chi connectivity index (χ1) is 40.0. The van der Waals surface area contributed by atoms with E-state index in [1.807, 2.05) is 0 Å². The molecule has 0 rings (SSSR count). The molecule has 0 amide bonds. The van der Waals surface area contributed by atoms with Gasteiger partial charge in [-0.05, 0) is 135 Å². The minimum absolute atomic E-state index is 0.0955. The van der Waals surface area contributed by atoms with E-state index in [1.165, 1.54) is 122 Å². The standard InChI is InChI=1S/C75H124O6/c1-4-7-10-13-16-19-22-25-28-31-33-35-37-39-41-44-47-50-53-56-59-62-65-68-74(77)80-71-72(70-79-73(76)67-64-61-58-55-52-49-46-43-30-27-24-21-18-15-12-9-6-3)81-75(78)69-66-63-60-57-54-51-48-45-42-40-38-36-34-32-29-26-23-20-17-14-11-8-5-2/h7,9-10,12,16,18-19,21,23,25-28,30,32-35,39,41,47,50,72H,4-6,8,11,13-15,17,20,22,24,29,31,36-38,40,42-46,48-49,51-71H2,1-3H3/b10-7-,12-9-,19-16-,21-18-,26-23-,28-25-,30-27-,34-32-,35-33-,41-39-,50-47-. The molecule has 0 aliphatic rings. The van der Waals surface area contributed by atoms with Crippen LogP contribution in [0.15, 0.2) is 134 Å². The first-order valence-corrected chi connectivity index (χ1v) is 33.7. The van der Waals surface area contributed by atoms with Gasteiger partial charge in [-0.2, -0.15) is 0 Å². The minimum atomic E-state index is -0.801. The number of hydrogen-bond acceptors (Lipinski definition) is 6. The lowest BCUT2D eigenvalue weighted by atomic mass is 10.0. The first kappa shape index (κ1) is 76.5. The van der Waals surface area contributed by atoms with Gasteiger partial charge < -0.3 is 14.2 Å². The van der Waals surface area contributed by atoms with E-state index < -0.39 is 6.10 Å². The van der Waals surface area contributed by atoms with Crippen LogP contribution in [-0.4, -0.2) is 37.2 Å². The van der Waals surface area contributed by atoms with E-state index in [-0.39, 0.29) is 31.1 Å². The Morgan fingerprint density at radius 2 is 0.481 bits per heavy atom. The van der Waals surface area contributed by atoms with Gasteiger partial charge in [0.1, 0.15) is 13.2 Å². The predicted molar refractivity (Wildman–Crippen MR) is 353 cm³/mol. The highest BCUT2D eigenvalue weighted by Crippen LogP contribution is 2.16. The normalized spacial score (nSPS) is 13.0. The van der Waals surface area contributed by atoms with Gasteiger partial charge in [0.05, 0.1) is 0 Å². The highest BCUT2D eigenvalue weighted by molar-refractivity contribution is 5.71. The van der Waals surface area contributed by atoms with Crippen molar-refractivity contribution >= 4 is 17.9 Å². The third-order valence-electron chi connectivity index (χ3n) is 14.1. The Bertz CT molecular complexity index is 1720. The van der Waals surface area contributed by atoms with E-state index in [0.717, 1.165) is 141 Å². The van der Waals surface area contributed by atoms with Gasteiger partial charge >= 0.3 is 17.9 Å². The van der Waals surface area contributed by atoms with Gasteiger partial charge in [-0.1, -0.05) is 283 Å². The van der Waals surface area contributed by atoms with Crippen LogP contribution in [0.5, 0.6) is 0 Å². The van der Waals surface area contributed by atoms with Crippen LogP contribution in [0, 0.1) is 0 Å². The summed E-state index contributed by atoms with van der Waals surface area (Å²) in [5.74, 6) is -0.926. The fourth-order valence-corrected chi connectivity index (χ4v) is 9.14.